The molecule has 0 aliphatic rings. The fraction of sp³-hybridized carbons (Fsp3) is 0.320. The average molecular weight is 532 g/mol. The number of likely N-dealkylation sites (N-methyl/N-ethyl adjacent to an activating group) is 1. The van der Waals surface area contributed by atoms with Crippen LogP contribution in [0.15, 0.2) is 53.5 Å². The Balaban J connectivity index is 1.84. The summed E-state index contributed by atoms with van der Waals surface area (Å²) in [6.07, 6.45) is 1.23. The Morgan fingerprint density at radius 2 is 1.92 bits per heavy atom. The van der Waals surface area contributed by atoms with E-state index in [1.165, 1.54) is 72.2 Å². The van der Waals surface area contributed by atoms with Crippen molar-refractivity contribution in [3.8, 4) is 0 Å². The smallest absolute Gasteiger partial charge is 0.409 e. The third kappa shape index (κ3) is 7.37. The van der Waals surface area contributed by atoms with Gasteiger partial charge in [0.1, 0.15) is 17.3 Å². The van der Waals surface area contributed by atoms with Gasteiger partial charge >= 0.3 is 6.09 Å². The zero-order chi connectivity index (χ0) is 28.9. The number of rotatable bonds is 9. The van der Waals surface area contributed by atoms with Gasteiger partial charge in [-0.25, -0.2) is 14.2 Å². The van der Waals surface area contributed by atoms with Crippen LogP contribution in [0.1, 0.15) is 12.2 Å². The van der Waals surface area contributed by atoms with Gasteiger partial charge in [0.05, 0.1) is 33.3 Å². The van der Waals surface area contributed by atoms with Crippen LogP contribution in [0.25, 0.3) is 11.0 Å². The van der Waals surface area contributed by atoms with E-state index < -0.39 is 34.7 Å². The molecule has 1 atom stereocenters. The lowest BCUT2D eigenvalue weighted by atomic mass is 9.49. The highest BCUT2D eigenvalue weighted by molar-refractivity contribution is 6.42. The summed E-state index contributed by atoms with van der Waals surface area (Å²) in [4.78, 5) is 60.1. The predicted octanol–water partition coefficient (Wildman–Crippen LogP) is 1.40. The molecule has 3 amide bonds. The summed E-state index contributed by atoms with van der Waals surface area (Å²) in [7, 11) is 18.3. The van der Waals surface area contributed by atoms with Gasteiger partial charge in [-0.1, -0.05) is 11.3 Å². The van der Waals surface area contributed by atoms with Crippen molar-refractivity contribution in [3.05, 3.63) is 70.7 Å². The van der Waals surface area contributed by atoms with Gasteiger partial charge in [0, 0.05) is 34.4 Å². The van der Waals surface area contributed by atoms with Crippen molar-refractivity contribution in [2.75, 3.05) is 33.5 Å². The van der Waals surface area contributed by atoms with Crippen LogP contribution in [0, 0.1) is 5.82 Å². The number of hydrogen-bond acceptors (Lipinski definition) is 6. The molecular weight excluding hydrogens is 505 g/mol. The molecule has 39 heavy (non-hydrogen) atoms. The Hall–Kier alpha value is -4.35. The number of pyridine rings is 1. The molecule has 3 aromatic rings. The number of aromatic amines is 1. The highest BCUT2D eigenvalue weighted by Gasteiger charge is 2.37. The summed E-state index contributed by atoms with van der Waals surface area (Å²) in [6.45, 7) is 0.000298. The number of allylic oxidation sites excluding steroid dienone is 1. The van der Waals surface area contributed by atoms with Crippen molar-refractivity contribution < 1.29 is 23.5 Å². The minimum atomic E-state index is -1.93. The molecule has 2 aromatic heterocycles. The van der Waals surface area contributed by atoms with E-state index in [9.17, 15) is 23.6 Å². The van der Waals surface area contributed by atoms with Crippen LogP contribution < -0.4 is 10.9 Å². The van der Waals surface area contributed by atoms with Gasteiger partial charge in [-0.2, -0.15) is 0 Å². The van der Waals surface area contributed by atoms with Crippen LogP contribution in [-0.2, 0) is 20.9 Å². The zero-order valence-corrected chi connectivity index (χ0v) is 22.0. The molecule has 2 heterocycles. The van der Waals surface area contributed by atoms with Crippen molar-refractivity contribution in [1.82, 2.24) is 24.3 Å². The number of benzene rings is 1. The van der Waals surface area contributed by atoms with Crippen LogP contribution in [0.3, 0.4) is 0 Å². The second-order valence-corrected chi connectivity index (χ2v) is 9.30. The molecule has 1 unspecified atom stereocenters. The molecule has 0 spiro atoms. The molecule has 0 saturated carbocycles. The Labute approximate surface area is 226 Å². The van der Waals surface area contributed by atoms with E-state index in [-0.39, 0.29) is 24.6 Å². The molecule has 0 bridgehead atoms. The average Bonchev–Trinajstić information content (AvgIpc) is 3.25. The summed E-state index contributed by atoms with van der Waals surface area (Å²) in [5, 5.41) is 0.497. The second-order valence-electron chi connectivity index (χ2n) is 9.30. The number of fused-ring (bicyclic) bond motifs is 1. The molecular formula is C25H27B2FN6O5. The number of amides is 3. The van der Waals surface area contributed by atoms with Crippen LogP contribution in [0.4, 0.5) is 14.9 Å². The predicted molar refractivity (Wildman–Crippen MR) is 145 cm³/mol. The lowest BCUT2D eigenvalue weighted by Gasteiger charge is -2.33. The second kappa shape index (κ2) is 12.0. The fourth-order valence-electron chi connectivity index (χ4n) is 3.46. The van der Waals surface area contributed by atoms with Crippen molar-refractivity contribution in [3.63, 3.8) is 0 Å². The van der Waals surface area contributed by atoms with Crippen LogP contribution in [0.5, 0.6) is 0 Å². The van der Waals surface area contributed by atoms with Gasteiger partial charge in [0.25, 0.3) is 11.5 Å². The van der Waals surface area contributed by atoms with E-state index in [4.69, 9.17) is 20.4 Å². The number of hydrogen-bond donors (Lipinski definition) is 2. The molecule has 11 nitrogen and oxygen atoms in total. The third-order valence-corrected chi connectivity index (χ3v) is 5.57. The normalized spacial score (nSPS) is 12.3. The van der Waals surface area contributed by atoms with Crippen molar-refractivity contribution in [2.24, 2.45) is 0 Å². The van der Waals surface area contributed by atoms with Gasteiger partial charge in [-0.3, -0.25) is 14.4 Å². The SMILES string of the molecule is [B]C([B])(C/C=C/C(=O)N(C)C)C(OC(=O)N(C)C)C(=O)Nc1cccn(Cc2nc3ccc(F)cc3[nH]2)c1=O. The molecule has 14 heteroatoms. The van der Waals surface area contributed by atoms with Gasteiger partial charge in [-0.15, -0.1) is 0 Å². The van der Waals surface area contributed by atoms with E-state index in [2.05, 4.69) is 15.3 Å². The monoisotopic (exact) mass is 532 g/mol. The number of halogens is 1. The standard InChI is InChI=1S/C25H27B2FN6O5/c1-32(2)20(35)8-5-11-25(26,27)21(39-24(38)33(3)4)22(36)31-17-7-6-12-34(23(17)37)14-19-29-16-10-9-15(28)13-18(16)30-19/h5-10,12-13,21H,11,14H2,1-4H3,(H,29,30)(H,31,36)/b8-5+. The maximum absolute atomic E-state index is 13.5. The largest absolute Gasteiger partial charge is 0.437 e. The Bertz CT molecular complexity index is 1470. The number of H-pyrrole nitrogens is 1. The van der Waals surface area contributed by atoms with Gasteiger partial charge in [0.15, 0.2) is 6.10 Å². The molecule has 0 aliphatic heterocycles. The summed E-state index contributed by atoms with van der Waals surface area (Å²) < 4.78 is 20.0. The lowest BCUT2D eigenvalue weighted by molar-refractivity contribution is -0.125. The topological polar surface area (TPSA) is 130 Å². The number of anilines is 1. The Morgan fingerprint density at radius 3 is 2.59 bits per heavy atom. The van der Waals surface area contributed by atoms with E-state index >= 15 is 0 Å². The number of ether oxygens (including phenoxy) is 1. The van der Waals surface area contributed by atoms with Crippen molar-refractivity contribution in [1.29, 1.82) is 0 Å². The molecule has 0 aliphatic carbocycles. The maximum Gasteiger partial charge on any atom is 0.409 e. The van der Waals surface area contributed by atoms with E-state index in [1.54, 1.807) is 14.1 Å². The number of carbonyl (C=O) groups excluding carboxylic acids is 3. The molecule has 1 aromatic carbocycles. The first-order valence-electron chi connectivity index (χ1n) is 11.8. The molecule has 0 saturated heterocycles. The van der Waals surface area contributed by atoms with Crippen LogP contribution in [-0.4, -0.2) is 92.2 Å². The molecule has 2 N–H and O–H groups in total. The maximum atomic E-state index is 13.5. The first-order chi connectivity index (χ1) is 18.3. The zero-order valence-electron chi connectivity index (χ0n) is 22.0. The van der Waals surface area contributed by atoms with E-state index in [1.807, 2.05) is 0 Å². The molecule has 4 radical (unpaired) electrons. The molecule has 200 valence electrons. The summed E-state index contributed by atoms with van der Waals surface area (Å²) in [5.74, 6) is -1.33. The fourth-order valence-corrected chi connectivity index (χ4v) is 3.46. The van der Waals surface area contributed by atoms with E-state index in [0.717, 1.165) is 4.90 Å². The van der Waals surface area contributed by atoms with E-state index in [0.29, 0.717) is 16.9 Å². The van der Waals surface area contributed by atoms with Gasteiger partial charge < -0.3 is 29.4 Å². The number of nitrogens with one attached hydrogen (secondary N) is 2. The number of imidazole rings is 1. The highest BCUT2D eigenvalue weighted by atomic mass is 19.1. The van der Waals surface area contributed by atoms with Crippen LogP contribution in [0.2, 0.25) is 5.21 Å². The molecule has 0 fully saturated rings. The first kappa shape index (κ1) is 29.2. The molecule has 3 rings (SSSR count). The van der Waals surface area contributed by atoms with Crippen LogP contribution >= 0.6 is 0 Å². The van der Waals surface area contributed by atoms with Crippen molar-refractivity contribution in [2.45, 2.75) is 24.3 Å². The Kier molecular flexibility index (Phi) is 9.00. The highest BCUT2D eigenvalue weighted by Crippen LogP contribution is 2.31. The minimum absolute atomic E-state index is 0.000298. The van der Waals surface area contributed by atoms with Crippen molar-refractivity contribution >= 4 is 50.3 Å². The quantitative estimate of drug-likeness (QED) is 0.317. The summed E-state index contributed by atoms with van der Waals surface area (Å²) >= 11 is 0. The minimum Gasteiger partial charge on any atom is -0.437 e. The summed E-state index contributed by atoms with van der Waals surface area (Å²) in [5.41, 5.74) is 0.269. The number of aromatic nitrogens is 3. The van der Waals surface area contributed by atoms with Gasteiger partial charge in [-0.05, 0) is 42.8 Å². The third-order valence-electron chi connectivity index (χ3n) is 5.57. The summed E-state index contributed by atoms with van der Waals surface area (Å²) in [6, 6.07) is 6.96. The number of nitrogens with zero attached hydrogens (tertiary/aromatic N) is 4. The Morgan fingerprint density at radius 1 is 1.21 bits per heavy atom. The van der Waals surface area contributed by atoms with Gasteiger partial charge in [0.2, 0.25) is 5.91 Å². The number of carbonyl (C=O) groups is 3. The lowest BCUT2D eigenvalue weighted by Crippen LogP contribution is -2.45. The first-order valence-corrected chi connectivity index (χ1v) is 11.8.